The van der Waals surface area contributed by atoms with E-state index in [0.29, 0.717) is 22.2 Å². The fraction of sp³-hybridized carbons (Fsp3) is 0.211. The molecular weight excluding hydrogens is 513 g/mol. The summed E-state index contributed by atoms with van der Waals surface area (Å²) in [6, 6.07) is 10.4. The number of carbonyl (C=O) groups excluding carboxylic acids is 2. The highest BCUT2D eigenvalue weighted by Gasteiger charge is 2.09. The minimum atomic E-state index is -0.426. The number of carbonyl (C=O) groups is 2. The first-order chi connectivity index (χ1) is 13.2. The predicted molar refractivity (Wildman–Crippen MR) is 118 cm³/mol. The topological polar surface area (TPSA) is 79.8 Å². The minimum absolute atomic E-state index is 0.0429. The van der Waals surface area contributed by atoms with Gasteiger partial charge in [-0.15, -0.1) is 0 Å². The Morgan fingerprint density at radius 1 is 1.11 bits per heavy atom. The molecule has 0 aliphatic heterocycles. The first-order valence-corrected chi connectivity index (χ1v) is 10.2. The molecule has 2 N–H and O–H groups in total. The van der Waals surface area contributed by atoms with Gasteiger partial charge in [-0.05, 0) is 71.7 Å². The Morgan fingerprint density at radius 2 is 1.79 bits per heavy atom. The molecule has 0 atom stereocenters. The number of ether oxygens (including phenoxy) is 1. The van der Waals surface area contributed by atoms with Crippen molar-refractivity contribution in [2.24, 2.45) is 5.10 Å². The number of anilines is 1. The lowest BCUT2D eigenvalue weighted by molar-refractivity contribution is -0.123. The number of amides is 2. The van der Waals surface area contributed by atoms with Crippen LogP contribution in [0.1, 0.15) is 18.9 Å². The summed E-state index contributed by atoms with van der Waals surface area (Å²) >= 11 is 12.6. The monoisotopic (exact) mass is 529 g/mol. The van der Waals surface area contributed by atoms with E-state index in [-0.39, 0.29) is 18.9 Å². The molecule has 0 saturated heterocycles. The van der Waals surface area contributed by atoms with Gasteiger partial charge >= 0.3 is 0 Å². The van der Waals surface area contributed by atoms with Crippen molar-refractivity contribution in [1.82, 2.24) is 5.43 Å². The molecule has 0 aliphatic rings. The highest BCUT2D eigenvalue weighted by molar-refractivity contribution is 9.11. The number of halogens is 3. The Balaban J connectivity index is 1.80. The lowest BCUT2D eigenvalue weighted by Gasteiger charge is -2.10. The van der Waals surface area contributed by atoms with Gasteiger partial charge in [-0.1, -0.05) is 27.5 Å². The highest BCUT2D eigenvalue weighted by atomic mass is 79.9. The van der Waals surface area contributed by atoms with Crippen molar-refractivity contribution in [2.45, 2.75) is 20.3 Å². The van der Waals surface area contributed by atoms with Gasteiger partial charge in [-0.25, -0.2) is 5.43 Å². The molecule has 0 aromatic heterocycles. The minimum Gasteiger partial charge on any atom is -0.483 e. The van der Waals surface area contributed by atoms with Crippen molar-refractivity contribution in [2.75, 3.05) is 11.9 Å². The van der Waals surface area contributed by atoms with E-state index < -0.39 is 5.91 Å². The third-order valence-electron chi connectivity index (χ3n) is 3.49. The number of aryl methyl sites for hydroxylation is 1. The van der Waals surface area contributed by atoms with Crippen LogP contribution in [0, 0.1) is 6.92 Å². The van der Waals surface area contributed by atoms with Crippen LogP contribution in [0.2, 0.25) is 5.02 Å². The zero-order chi connectivity index (χ0) is 20.7. The first-order valence-electron chi connectivity index (χ1n) is 8.20. The molecule has 0 heterocycles. The summed E-state index contributed by atoms with van der Waals surface area (Å²) in [7, 11) is 0. The molecule has 9 heteroatoms. The van der Waals surface area contributed by atoms with Crippen LogP contribution in [0.15, 0.2) is 50.4 Å². The van der Waals surface area contributed by atoms with Crippen LogP contribution < -0.4 is 15.5 Å². The molecule has 2 aromatic rings. The largest absolute Gasteiger partial charge is 0.483 e. The lowest BCUT2D eigenvalue weighted by Crippen LogP contribution is -2.26. The van der Waals surface area contributed by atoms with Gasteiger partial charge < -0.3 is 10.1 Å². The average molecular weight is 532 g/mol. The van der Waals surface area contributed by atoms with Crippen LogP contribution in [-0.4, -0.2) is 24.1 Å². The van der Waals surface area contributed by atoms with Crippen molar-refractivity contribution >= 4 is 66.7 Å². The summed E-state index contributed by atoms with van der Waals surface area (Å²) in [5.41, 5.74) is 4.46. The third kappa shape index (κ3) is 7.26. The van der Waals surface area contributed by atoms with Gasteiger partial charge in [0.2, 0.25) is 5.91 Å². The van der Waals surface area contributed by atoms with Gasteiger partial charge in [0.25, 0.3) is 5.91 Å². The summed E-state index contributed by atoms with van der Waals surface area (Å²) < 4.78 is 7.17. The van der Waals surface area contributed by atoms with Crippen LogP contribution in [0.25, 0.3) is 0 Å². The number of rotatable bonds is 7. The molecule has 0 unspecified atom stereocenters. The summed E-state index contributed by atoms with van der Waals surface area (Å²) in [5.74, 6) is -0.118. The second-order valence-electron chi connectivity index (χ2n) is 5.93. The van der Waals surface area contributed by atoms with Crippen molar-refractivity contribution in [3.8, 4) is 5.75 Å². The molecule has 0 fully saturated rings. The van der Waals surface area contributed by atoms with E-state index >= 15 is 0 Å². The standard InChI is InChI=1S/C19H18Br2ClN3O3/c1-11-7-17(16(21)9-15(11)20)28-10-19(27)25-24-12(2)8-18(26)23-14-5-3-13(22)4-6-14/h3-7,9H,8,10H2,1-2H3,(H,23,26)(H,25,27)/b24-12+. The molecule has 0 aliphatic carbocycles. The average Bonchev–Trinajstić information content (AvgIpc) is 2.63. The van der Waals surface area contributed by atoms with E-state index in [4.69, 9.17) is 16.3 Å². The SMILES string of the molecule is C/C(CC(=O)Nc1ccc(Cl)cc1)=N\NC(=O)COc1cc(C)c(Br)cc1Br. The fourth-order valence-electron chi connectivity index (χ4n) is 2.09. The summed E-state index contributed by atoms with van der Waals surface area (Å²) in [5, 5.41) is 7.24. The van der Waals surface area contributed by atoms with Crippen molar-refractivity contribution in [3.63, 3.8) is 0 Å². The van der Waals surface area contributed by atoms with E-state index in [1.807, 2.05) is 19.1 Å². The third-order valence-corrected chi connectivity index (χ3v) is 5.21. The van der Waals surface area contributed by atoms with E-state index in [1.54, 1.807) is 31.2 Å². The Hall–Kier alpha value is -1.90. The molecule has 0 radical (unpaired) electrons. The Bertz CT molecular complexity index is 902. The van der Waals surface area contributed by atoms with Crippen LogP contribution in [0.4, 0.5) is 5.69 Å². The number of benzene rings is 2. The maximum Gasteiger partial charge on any atom is 0.277 e. The number of nitrogens with one attached hydrogen (secondary N) is 2. The van der Waals surface area contributed by atoms with E-state index in [9.17, 15) is 9.59 Å². The molecule has 28 heavy (non-hydrogen) atoms. The predicted octanol–water partition coefficient (Wildman–Crippen LogP) is 5.07. The molecule has 0 bridgehead atoms. The molecular formula is C19H18Br2ClN3O3. The number of hydrogen-bond acceptors (Lipinski definition) is 4. The van der Waals surface area contributed by atoms with Crippen molar-refractivity contribution < 1.29 is 14.3 Å². The van der Waals surface area contributed by atoms with Crippen molar-refractivity contribution in [1.29, 1.82) is 0 Å². The quantitative estimate of drug-likeness (QED) is 0.387. The fourth-order valence-corrected chi connectivity index (χ4v) is 3.32. The second-order valence-corrected chi connectivity index (χ2v) is 8.08. The lowest BCUT2D eigenvalue weighted by atomic mass is 10.2. The summed E-state index contributed by atoms with van der Waals surface area (Å²) in [6.07, 6.45) is 0.0429. The number of hydrogen-bond donors (Lipinski definition) is 2. The van der Waals surface area contributed by atoms with Crippen molar-refractivity contribution in [3.05, 3.63) is 55.9 Å². The molecule has 0 saturated carbocycles. The van der Waals surface area contributed by atoms with Gasteiger partial charge in [0.1, 0.15) is 5.75 Å². The number of nitrogens with zero attached hydrogens (tertiary/aromatic N) is 1. The van der Waals surface area contributed by atoms with Gasteiger partial charge in [-0.3, -0.25) is 9.59 Å². The maximum atomic E-state index is 12.0. The highest BCUT2D eigenvalue weighted by Crippen LogP contribution is 2.31. The molecule has 6 nitrogen and oxygen atoms in total. The van der Waals surface area contributed by atoms with Gasteiger partial charge in [0.05, 0.1) is 10.9 Å². The Morgan fingerprint density at radius 3 is 2.46 bits per heavy atom. The Labute approximate surface area is 184 Å². The zero-order valence-electron chi connectivity index (χ0n) is 15.2. The van der Waals surface area contributed by atoms with Crippen LogP contribution in [-0.2, 0) is 9.59 Å². The normalized spacial score (nSPS) is 11.1. The number of hydrazone groups is 1. The maximum absolute atomic E-state index is 12.0. The van der Waals surface area contributed by atoms with E-state index in [1.165, 1.54) is 0 Å². The van der Waals surface area contributed by atoms with Gasteiger partial charge in [0, 0.05) is 20.9 Å². The van der Waals surface area contributed by atoms with Gasteiger partial charge in [0.15, 0.2) is 6.61 Å². The summed E-state index contributed by atoms with van der Waals surface area (Å²) in [4.78, 5) is 23.9. The first kappa shape index (κ1) is 22.4. The smallest absolute Gasteiger partial charge is 0.277 e. The Kier molecular flexibility index (Phi) is 8.47. The molecule has 148 valence electrons. The zero-order valence-corrected chi connectivity index (χ0v) is 19.1. The van der Waals surface area contributed by atoms with Crippen LogP contribution in [0.5, 0.6) is 5.75 Å². The van der Waals surface area contributed by atoms with Gasteiger partial charge in [-0.2, -0.15) is 5.10 Å². The van der Waals surface area contributed by atoms with Crippen LogP contribution >= 0.6 is 43.5 Å². The van der Waals surface area contributed by atoms with Crippen LogP contribution in [0.3, 0.4) is 0 Å². The molecule has 0 spiro atoms. The molecule has 2 amide bonds. The summed E-state index contributed by atoms with van der Waals surface area (Å²) in [6.45, 7) is 3.37. The molecule has 2 aromatic carbocycles. The van der Waals surface area contributed by atoms with E-state index in [2.05, 4.69) is 47.7 Å². The second kappa shape index (κ2) is 10.6. The van der Waals surface area contributed by atoms with E-state index in [0.717, 1.165) is 14.5 Å². The molecule has 2 rings (SSSR count).